The molecule has 94 valence electrons. The third-order valence-electron chi connectivity index (χ3n) is 2.33. The van der Waals surface area contributed by atoms with E-state index in [0.29, 0.717) is 6.10 Å². The SMILES string of the molecule is CCNC(C#N)CCN(C)CCOC(C)C. The van der Waals surface area contributed by atoms with Crippen LogP contribution >= 0.6 is 0 Å². The smallest absolute Gasteiger partial charge is 0.0965 e. The molecule has 0 saturated heterocycles. The van der Waals surface area contributed by atoms with E-state index < -0.39 is 0 Å². The lowest BCUT2D eigenvalue weighted by Crippen LogP contribution is -2.33. The Hall–Kier alpha value is -0.630. The summed E-state index contributed by atoms with van der Waals surface area (Å²) >= 11 is 0. The molecule has 0 aliphatic carbocycles. The minimum absolute atomic E-state index is 0.0292. The summed E-state index contributed by atoms with van der Waals surface area (Å²) < 4.78 is 5.47. The lowest BCUT2D eigenvalue weighted by molar-refractivity contribution is 0.0635. The molecular weight excluding hydrogens is 202 g/mol. The van der Waals surface area contributed by atoms with E-state index in [0.717, 1.165) is 32.7 Å². The van der Waals surface area contributed by atoms with Crippen molar-refractivity contribution in [3.63, 3.8) is 0 Å². The molecule has 0 saturated carbocycles. The highest BCUT2D eigenvalue weighted by Crippen LogP contribution is 1.95. The fourth-order valence-corrected chi connectivity index (χ4v) is 1.36. The van der Waals surface area contributed by atoms with E-state index in [1.807, 2.05) is 20.8 Å². The molecule has 4 heteroatoms. The van der Waals surface area contributed by atoms with Crippen LogP contribution in [0.4, 0.5) is 0 Å². The third-order valence-corrected chi connectivity index (χ3v) is 2.33. The molecular formula is C12H25N3O. The summed E-state index contributed by atoms with van der Waals surface area (Å²) in [6, 6.07) is 2.23. The number of nitriles is 1. The van der Waals surface area contributed by atoms with Gasteiger partial charge >= 0.3 is 0 Å². The minimum Gasteiger partial charge on any atom is -0.377 e. The largest absolute Gasteiger partial charge is 0.377 e. The van der Waals surface area contributed by atoms with Crippen LogP contribution in [0.15, 0.2) is 0 Å². The van der Waals surface area contributed by atoms with Crippen molar-refractivity contribution in [2.75, 3.05) is 33.3 Å². The Morgan fingerprint density at radius 3 is 2.56 bits per heavy atom. The Bertz CT molecular complexity index is 201. The fourth-order valence-electron chi connectivity index (χ4n) is 1.36. The summed E-state index contributed by atoms with van der Waals surface area (Å²) in [6.45, 7) is 9.54. The first-order chi connectivity index (χ1) is 7.60. The van der Waals surface area contributed by atoms with Crippen molar-refractivity contribution in [1.82, 2.24) is 10.2 Å². The molecule has 1 atom stereocenters. The predicted molar refractivity (Wildman–Crippen MR) is 66.3 cm³/mol. The van der Waals surface area contributed by atoms with Gasteiger partial charge in [0.25, 0.3) is 0 Å². The van der Waals surface area contributed by atoms with Gasteiger partial charge in [-0.25, -0.2) is 0 Å². The Balaban J connectivity index is 3.55. The summed E-state index contributed by atoms with van der Waals surface area (Å²) in [4.78, 5) is 2.20. The van der Waals surface area contributed by atoms with Crippen molar-refractivity contribution in [1.29, 1.82) is 5.26 Å². The van der Waals surface area contributed by atoms with Crippen LogP contribution < -0.4 is 5.32 Å². The van der Waals surface area contributed by atoms with E-state index in [-0.39, 0.29) is 6.04 Å². The van der Waals surface area contributed by atoms with Gasteiger partial charge in [-0.2, -0.15) is 5.26 Å². The standard InChI is InChI=1S/C12H25N3O/c1-5-14-12(10-13)6-7-15(4)8-9-16-11(2)3/h11-12,14H,5-9H2,1-4H3. The second-order valence-corrected chi connectivity index (χ2v) is 4.25. The maximum atomic E-state index is 8.86. The maximum absolute atomic E-state index is 8.86. The summed E-state index contributed by atoms with van der Waals surface area (Å²) in [7, 11) is 2.06. The highest BCUT2D eigenvalue weighted by molar-refractivity contribution is 4.89. The average Bonchev–Trinajstić information content (AvgIpc) is 2.23. The van der Waals surface area contributed by atoms with Crippen LogP contribution in [0.2, 0.25) is 0 Å². The Kier molecular flexibility index (Phi) is 9.21. The van der Waals surface area contributed by atoms with Crippen molar-refractivity contribution in [3.05, 3.63) is 0 Å². The molecule has 1 unspecified atom stereocenters. The van der Waals surface area contributed by atoms with E-state index in [2.05, 4.69) is 23.3 Å². The molecule has 0 radical (unpaired) electrons. The highest BCUT2D eigenvalue weighted by atomic mass is 16.5. The van der Waals surface area contributed by atoms with Crippen molar-refractivity contribution < 1.29 is 4.74 Å². The highest BCUT2D eigenvalue weighted by Gasteiger charge is 2.07. The number of nitrogens with zero attached hydrogens (tertiary/aromatic N) is 2. The van der Waals surface area contributed by atoms with Crippen molar-refractivity contribution >= 4 is 0 Å². The zero-order valence-electron chi connectivity index (χ0n) is 11.0. The quantitative estimate of drug-likeness (QED) is 0.644. The number of nitrogens with one attached hydrogen (secondary N) is 1. The lowest BCUT2D eigenvalue weighted by atomic mass is 10.2. The van der Waals surface area contributed by atoms with Gasteiger partial charge in [-0.05, 0) is 33.9 Å². The van der Waals surface area contributed by atoms with Gasteiger partial charge in [-0.3, -0.25) is 0 Å². The van der Waals surface area contributed by atoms with Crippen LogP contribution in [0.1, 0.15) is 27.2 Å². The van der Waals surface area contributed by atoms with Crippen LogP contribution in [-0.4, -0.2) is 50.3 Å². The zero-order valence-corrected chi connectivity index (χ0v) is 11.0. The van der Waals surface area contributed by atoms with Gasteiger partial charge in [0.05, 0.1) is 24.8 Å². The Morgan fingerprint density at radius 1 is 1.38 bits per heavy atom. The molecule has 0 rings (SSSR count). The van der Waals surface area contributed by atoms with Crippen LogP contribution in [0.5, 0.6) is 0 Å². The summed E-state index contributed by atoms with van der Waals surface area (Å²) in [5.74, 6) is 0. The first kappa shape index (κ1) is 15.4. The molecule has 1 N–H and O–H groups in total. The lowest BCUT2D eigenvalue weighted by Gasteiger charge is -2.19. The number of ether oxygens (including phenoxy) is 1. The first-order valence-corrected chi connectivity index (χ1v) is 6.03. The van der Waals surface area contributed by atoms with Gasteiger partial charge in [0.15, 0.2) is 0 Å². The van der Waals surface area contributed by atoms with Crippen LogP contribution in [0.3, 0.4) is 0 Å². The zero-order chi connectivity index (χ0) is 12.4. The minimum atomic E-state index is -0.0292. The van der Waals surface area contributed by atoms with Gasteiger partial charge < -0.3 is 15.0 Å². The molecule has 0 fully saturated rings. The van der Waals surface area contributed by atoms with Gasteiger partial charge in [0, 0.05) is 13.1 Å². The van der Waals surface area contributed by atoms with Crippen LogP contribution in [0.25, 0.3) is 0 Å². The van der Waals surface area contributed by atoms with E-state index in [4.69, 9.17) is 10.00 Å². The molecule has 16 heavy (non-hydrogen) atoms. The molecule has 0 aromatic heterocycles. The molecule has 0 aliphatic rings. The van der Waals surface area contributed by atoms with E-state index in [1.54, 1.807) is 0 Å². The number of likely N-dealkylation sites (N-methyl/N-ethyl adjacent to an activating group) is 1. The molecule has 0 aromatic carbocycles. The summed E-state index contributed by atoms with van der Waals surface area (Å²) in [6.07, 6.45) is 1.16. The van der Waals surface area contributed by atoms with Gasteiger partial charge in [-0.1, -0.05) is 6.92 Å². The number of hydrogen-bond acceptors (Lipinski definition) is 4. The topological polar surface area (TPSA) is 48.3 Å². The van der Waals surface area contributed by atoms with E-state index in [9.17, 15) is 0 Å². The summed E-state index contributed by atoms with van der Waals surface area (Å²) in [5.41, 5.74) is 0. The molecule has 0 aromatic rings. The first-order valence-electron chi connectivity index (χ1n) is 6.03. The monoisotopic (exact) mass is 227 g/mol. The Labute approximate surface area is 99.6 Å². The fraction of sp³-hybridized carbons (Fsp3) is 0.917. The molecule has 0 heterocycles. The van der Waals surface area contributed by atoms with E-state index in [1.165, 1.54) is 0 Å². The van der Waals surface area contributed by atoms with Gasteiger partial charge in [0.2, 0.25) is 0 Å². The molecule has 4 nitrogen and oxygen atoms in total. The summed E-state index contributed by atoms with van der Waals surface area (Å²) in [5, 5.41) is 12.0. The predicted octanol–water partition coefficient (Wildman–Crippen LogP) is 1.23. The number of hydrogen-bond donors (Lipinski definition) is 1. The molecule has 0 spiro atoms. The number of rotatable bonds is 9. The Morgan fingerprint density at radius 2 is 2.06 bits per heavy atom. The third kappa shape index (κ3) is 8.66. The van der Waals surface area contributed by atoms with E-state index >= 15 is 0 Å². The molecule has 0 aliphatic heterocycles. The maximum Gasteiger partial charge on any atom is 0.0965 e. The molecule has 0 amide bonds. The van der Waals surface area contributed by atoms with Crippen LogP contribution in [-0.2, 0) is 4.74 Å². The van der Waals surface area contributed by atoms with Gasteiger partial charge in [0.1, 0.15) is 0 Å². The second kappa shape index (κ2) is 9.59. The van der Waals surface area contributed by atoms with Crippen LogP contribution in [0, 0.1) is 11.3 Å². The average molecular weight is 227 g/mol. The van der Waals surface area contributed by atoms with Crippen molar-refractivity contribution in [3.8, 4) is 6.07 Å². The van der Waals surface area contributed by atoms with Crippen molar-refractivity contribution in [2.45, 2.75) is 39.3 Å². The molecule has 0 bridgehead atoms. The normalized spacial score (nSPS) is 13.1. The second-order valence-electron chi connectivity index (χ2n) is 4.25. The van der Waals surface area contributed by atoms with Gasteiger partial charge in [-0.15, -0.1) is 0 Å². The van der Waals surface area contributed by atoms with Crippen molar-refractivity contribution in [2.24, 2.45) is 0 Å².